The second kappa shape index (κ2) is 6.04. The number of carbonyl (C=O) groups excluding carboxylic acids is 2. The minimum atomic E-state index is -0.429. The molecule has 0 aliphatic heterocycles. The first kappa shape index (κ1) is 15.2. The highest BCUT2D eigenvalue weighted by molar-refractivity contribution is 7.17. The van der Waals surface area contributed by atoms with E-state index in [1.165, 1.54) is 0 Å². The fraction of sp³-hybridized carbons (Fsp3) is 0.385. The van der Waals surface area contributed by atoms with Crippen molar-refractivity contribution < 1.29 is 14.3 Å². The molecule has 112 valence electrons. The minimum Gasteiger partial charge on any atom is -0.462 e. The van der Waals surface area contributed by atoms with Crippen LogP contribution in [0.1, 0.15) is 38.3 Å². The molecular weight excluding hydrogens is 292 g/mol. The molecule has 8 heteroatoms. The first-order valence-corrected chi connectivity index (χ1v) is 7.20. The number of esters is 1. The molecule has 0 saturated heterocycles. The van der Waals surface area contributed by atoms with Crippen LogP contribution in [0, 0.1) is 13.8 Å². The van der Waals surface area contributed by atoms with Gasteiger partial charge in [-0.05, 0) is 20.8 Å². The molecule has 0 spiro atoms. The third-order valence-electron chi connectivity index (χ3n) is 2.70. The van der Waals surface area contributed by atoms with Crippen molar-refractivity contribution in [2.45, 2.75) is 20.8 Å². The third kappa shape index (κ3) is 3.27. The summed E-state index contributed by atoms with van der Waals surface area (Å²) in [6, 6.07) is 0. The number of nitrogens with one attached hydrogen (secondary N) is 1. The zero-order valence-corrected chi connectivity index (χ0v) is 13.1. The predicted octanol–water partition coefficient (Wildman–Crippen LogP) is 1.92. The van der Waals surface area contributed by atoms with E-state index in [0.29, 0.717) is 28.0 Å². The van der Waals surface area contributed by atoms with E-state index in [2.05, 4.69) is 15.4 Å². The molecule has 0 fully saturated rings. The quantitative estimate of drug-likeness (QED) is 0.872. The number of hydrogen-bond donors (Lipinski definition) is 1. The predicted molar refractivity (Wildman–Crippen MR) is 78.7 cm³/mol. The van der Waals surface area contributed by atoms with Gasteiger partial charge in [0.25, 0.3) is 5.91 Å². The van der Waals surface area contributed by atoms with Gasteiger partial charge in [0, 0.05) is 18.8 Å². The summed E-state index contributed by atoms with van der Waals surface area (Å²) in [6.07, 6.45) is 1.76. The van der Waals surface area contributed by atoms with Crippen LogP contribution in [0.25, 0.3) is 0 Å². The smallest absolute Gasteiger partial charge is 0.350 e. The Kier molecular flexibility index (Phi) is 4.37. The second-order valence-corrected chi connectivity index (χ2v) is 5.44. The highest BCUT2D eigenvalue weighted by Gasteiger charge is 2.19. The van der Waals surface area contributed by atoms with Gasteiger partial charge in [-0.25, -0.2) is 9.78 Å². The fourth-order valence-corrected chi connectivity index (χ4v) is 2.68. The molecular formula is C13H16N4O3S. The minimum absolute atomic E-state index is 0.297. The normalized spacial score (nSPS) is 10.5. The number of ether oxygens (including phenoxy) is 1. The van der Waals surface area contributed by atoms with Crippen molar-refractivity contribution in [3.8, 4) is 0 Å². The average molecular weight is 308 g/mol. The molecule has 2 aromatic rings. The maximum atomic E-state index is 12.1. The molecule has 1 amide bonds. The summed E-state index contributed by atoms with van der Waals surface area (Å²) in [4.78, 5) is 28.4. The lowest BCUT2D eigenvalue weighted by molar-refractivity contribution is 0.0531. The average Bonchev–Trinajstić information content (AvgIpc) is 2.92. The summed E-state index contributed by atoms with van der Waals surface area (Å²) in [5, 5.41) is 7.10. The van der Waals surface area contributed by atoms with Gasteiger partial charge in [-0.15, -0.1) is 0 Å². The van der Waals surface area contributed by atoms with E-state index in [0.717, 1.165) is 16.9 Å². The van der Waals surface area contributed by atoms with Gasteiger partial charge in [0.15, 0.2) is 10.8 Å². The summed E-state index contributed by atoms with van der Waals surface area (Å²) >= 11 is 1.09. The van der Waals surface area contributed by atoms with Gasteiger partial charge in [0.2, 0.25) is 0 Å². The maximum Gasteiger partial charge on any atom is 0.350 e. The fourth-order valence-electron chi connectivity index (χ4n) is 1.82. The van der Waals surface area contributed by atoms with Crippen LogP contribution >= 0.6 is 11.3 Å². The Hall–Kier alpha value is -2.22. The Morgan fingerprint density at radius 2 is 2.14 bits per heavy atom. The zero-order valence-electron chi connectivity index (χ0n) is 12.3. The SMILES string of the molecule is CCOC(=O)c1sc(NC(=O)c2nn(C)cc2C)nc1C. The monoisotopic (exact) mass is 308 g/mol. The first-order chi connectivity index (χ1) is 9.92. The van der Waals surface area contributed by atoms with Crippen LogP contribution in [-0.4, -0.2) is 33.2 Å². The number of hydrogen-bond acceptors (Lipinski definition) is 6. The Morgan fingerprint density at radius 1 is 1.43 bits per heavy atom. The topological polar surface area (TPSA) is 86.1 Å². The van der Waals surface area contributed by atoms with Crippen LogP contribution in [0.3, 0.4) is 0 Å². The number of aryl methyl sites for hydroxylation is 3. The van der Waals surface area contributed by atoms with Crippen molar-refractivity contribution in [3.63, 3.8) is 0 Å². The van der Waals surface area contributed by atoms with Gasteiger partial charge in [-0.2, -0.15) is 5.10 Å². The van der Waals surface area contributed by atoms with Crippen LogP contribution in [-0.2, 0) is 11.8 Å². The van der Waals surface area contributed by atoms with E-state index >= 15 is 0 Å². The van der Waals surface area contributed by atoms with Crippen molar-refractivity contribution in [3.05, 3.63) is 28.0 Å². The number of nitrogens with zero attached hydrogens (tertiary/aromatic N) is 3. The number of aromatic nitrogens is 3. The van der Waals surface area contributed by atoms with E-state index < -0.39 is 5.97 Å². The maximum absolute atomic E-state index is 12.1. The summed E-state index contributed by atoms with van der Waals surface area (Å²) in [6.45, 7) is 5.54. The molecule has 21 heavy (non-hydrogen) atoms. The van der Waals surface area contributed by atoms with E-state index in [9.17, 15) is 9.59 Å². The van der Waals surface area contributed by atoms with E-state index in [1.54, 1.807) is 38.7 Å². The van der Waals surface area contributed by atoms with Crippen molar-refractivity contribution >= 4 is 28.3 Å². The van der Waals surface area contributed by atoms with Crippen LogP contribution in [0.15, 0.2) is 6.20 Å². The molecule has 1 N–H and O–H groups in total. The van der Waals surface area contributed by atoms with Gasteiger partial charge in [0.05, 0.1) is 12.3 Å². The lowest BCUT2D eigenvalue weighted by atomic mass is 10.3. The second-order valence-electron chi connectivity index (χ2n) is 4.44. The number of carbonyl (C=O) groups is 2. The largest absolute Gasteiger partial charge is 0.462 e. The molecule has 0 aromatic carbocycles. The highest BCUT2D eigenvalue weighted by atomic mass is 32.1. The standard InChI is InChI=1S/C13H16N4O3S/c1-5-20-12(19)10-8(3)14-13(21-10)15-11(18)9-7(2)6-17(4)16-9/h6H,5H2,1-4H3,(H,14,15,18). The highest BCUT2D eigenvalue weighted by Crippen LogP contribution is 2.24. The molecule has 0 unspecified atom stereocenters. The van der Waals surface area contributed by atoms with E-state index in [1.807, 2.05) is 0 Å². The molecule has 0 radical (unpaired) electrons. The third-order valence-corrected chi connectivity index (χ3v) is 3.76. The van der Waals surface area contributed by atoms with E-state index in [-0.39, 0.29) is 5.91 Å². The van der Waals surface area contributed by atoms with Crippen LogP contribution in [0.5, 0.6) is 0 Å². The molecule has 2 rings (SSSR count). The molecule has 2 heterocycles. The zero-order chi connectivity index (χ0) is 15.6. The number of anilines is 1. The molecule has 0 aliphatic rings. The molecule has 0 bridgehead atoms. The van der Waals surface area contributed by atoms with Crippen molar-refractivity contribution in [2.24, 2.45) is 7.05 Å². The lowest BCUT2D eigenvalue weighted by Crippen LogP contribution is -2.14. The Balaban J connectivity index is 2.17. The molecule has 2 aromatic heterocycles. The molecule has 7 nitrogen and oxygen atoms in total. The van der Waals surface area contributed by atoms with Crippen molar-refractivity contribution in [1.29, 1.82) is 0 Å². The van der Waals surface area contributed by atoms with Gasteiger partial charge in [-0.1, -0.05) is 11.3 Å². The van der Waals surface area contributed by atoms with Crippen LogP contribution < -0.4 is 5.32 Å². The van der Waals surface area contributed by atoms with E-state index in [4.69, 9.17) is 4.74 Å². The Labute approximate surface area is 125 Å². The first-order valence-electron chi connectivity index (χ1n) is 6.38. The molecule has 0 atom stereocenters. The van der Waals surface area contributed by atoms with Gasteiger partial charge >= 0.3 is 5.97 Å². The summed E-state index contributed by atoms with van der Waals surface area (Å²) in [5.74, 6) is -0.778. The van der Waals surface area contributed by atoms with Gasteiger partial charge in [-0.3, -0.25) is 14.8 Å². The Bertz CT molecular complexity index is 690. The summed E-state index contributed by atoms with van der Waals surface area (Å²) in [5.41, 5.74) is 1.64. The summed E-state index contributed by atoms with van der Waals surface area (Å²) < 4.78 is 6.51. The Morgan fingerprint density at radius 3 is 2.71 bits per heavy atom. The van der Waals surface area contributed by atoms with Gasteiger partial charge in [0.1, 0.15) is 4.88 Å². The van der Waals surface area contributed by atoms with Gasteiger partial charge < -0.3 is 4.74 Å². The summed E-state index contributed by atoms with van der Waals surface area (Å²) in [7, 11) is 1.75. The van der Waals surface area contributed by atoms with Crippen LogP contribution in [0.4, 0.5) is 5.13 Å². The van der Waals surface area contributed by atoms with Crippen LogP contribution in [0.2, 0.25) is 0 Å². The lowest BCUT2D eigenvalue weighted by Gasteiger charge is -1.99. The number of amides is 1. The molecule has 0 aliphatic carbocycles. The molecule has 0 saturated carbocycles. The number of thiazole rings is 1. The van der Waals surface area contributed by atoms with Crippen molar-refractivity contribution in [1.82, 2.24) is 14.8 Å². The number of rotatable bonds is 4. The van der Waals surface area contributed by atoms with Crippen molar-refractivity contribution in [2.75, 3.05) is 11.9 Å².